The summed E-state index contributed by atoms with van der Waals surface area (Å²) in [4.78, 5) is 7.85. The van der Waals surface area contributed by atoms with Gasteiger partial charge in [-0.3, -0.25) is 4.72 Å². The van der Waals surface area contributed by atoms with Crippen molar-refractivity contribution in [3.8, 4) is 28.8 Å². The van der Waals surface area contributed by atoms with Crippen LogP contribution >= 0.6 is 23.2 Å². The van der Waals surface area contributed by atoms with Gasteiger partial charge in [0.05, 0.1) is 17.2 Å². The first-order chi connectivity index (χ1) is 15.4. The highest BCUT2D eigenvalue weighted by molar-refractivity contribution is 7.92. The third-order valence-corrected chi connectivity index (χ3v) is 5.85. The van der Waals surface area contributed by atoms with Crippen molar-refractivity contribution in [1.82, 2.24) is 9.97 Å². The lowest BCUT2D eigenvalue weighted by molar-refractivity contribution is -0.106. The number of nitrogens with one attached hydrogen (secondary N) is 1. The fourth-order valence-electron chi connectivity index (χ4n) is 2.58. The fraction of sp³-hybridized carbons (Fsp3) is 0.158. The number of hydrogen-bond donors (Lipinski definition) is 1. The van der Waals surface area contributed by atoms with E-state index in [9.17, 15) is 26.0 Å². The smallest absolute Gasteiger partial charge is 0.404 e. The van der Waals surface area contributed by atoms with Crippen LogP contribution < -0.4 is 14.2 Å². The van der Waals surface area contributed by atoms with Crippen LogP contribution in [0.1, 0.15) is 0 Å². The van der Waals surface area contributed by atoms with E-state index in [1.54, 1.807) is 4.72 Å². The van der Waals surface area contributed by atoms with E-state index in [2.05, 4.69) is 9.97 Å². The molecule has 0 spiro atoms. The molecule has 7 nitrogen and oxygen atoms in total. The molecule has 2 aromatic heterocycles. The molecule has 0 aliphatic carbocycles. The van der Waals surface area contributed by atoms with E-state index in [-0.39, 0.29) is 33.8 Å². The molecule has 176 valence electrons. The Morgan fingerprint density at radius 3 is 2.45 bits per heavy atom. The number of nitrogens with zero attached hydrogens (tertiary/aromatic N) is 2. The maximum Gasteiger partial charge on any atom is 0.404 e. The Bertz CT molecular complexity index is 1290. The molecular weight excluding hydrogens is 513 g/mol. The Hall–Kier alpha value is -2.83. The number of alkyl halides is 3. The summed E-state index contributed by atoms with van der Waals surface area (Å²) < 4.78 is 88.0. The second-order valence-corrected chi connectivity index (χ2v) is 8.95. The van der Waals surface area contributed by atoms with Crippen LogP contribution in [0.3, 0.4) is 0 Å². The van der Waals surface area contributed by atoms with Gasteiger partial charge >= 0.3 is 6.18 Å². The SMILES string of the molecule is COc1ncc(-c2nc(Oc3ccc(Cl)c(Cl)c3)ccc2F)cc1NS(=O)(=O)CC(F)(F)F. The molecule has 3 rings (SSSR count). The quantitative estimate of drug-likeness (QED) is 0.398. The third-order valence-electron chi connectivity index (χ3n) is 3.87. The van der Waals surface area contributed by atoms with E-state index in [4.69, 9.17) is 32.7 Å². The summed E-state index contributed by atoms with van der Waals surface area (Å²) in [6.45, 7) is 0. The average Bonchev–Trinajstić information content (AvgIpc) is 2.70. The first-order valence-electron chi connectivity index (χ1n) is 8.78. The molecule has 0 aliphatic heterocycles. The first-order valence-corrected chi connectivity index (χ1v) is 11.2. The van der Waals surface area contributed by atoms with Gasteiger partial charge in [-0.25, -0.2) is 22.8 Å². The molecule has 0 fully saturated rings. The van der Waals surface area contributed by atoms with Crippen molar-refractivity contribution in [1.29, 1.82) is 0 Å². The number of benzene rings is 1. The second-order valence-electron chi connectivity index (χ2n) is 6.42. The van der Waals surface area contributed by atoms with Crippen molar-refractivity contribution in [2.75, 3.05) is 17.6 Å². The van der Waals surface area contributed by atoms with Crippen LogP contribution in [0.2, 0.25) is 10.0 Å². The number of hydrogen-bond acceptors (Lipinski definition) is 6. The van der Waals surface area contributed by atoms with Gasteiger partial charge < -0.3 is 9.47 Å². The molecule has 0 radical (unpaired) electrons. The molecule has 0 unspecified atom stereocenters. The lowest BCUT2D eigenvalue weighted by Crippen LogP contribution is -2.28. The summed E-state index contributed by atoms with van der Waals surface area (Å²) >= 11 is 11.8. The fourth-order valence-corrected chi connectivity index (χ4v) is 3.85. The minimum Gasteiger partial charge on any atom is -0.480 e. The summed E-state index contributed by atoms with van der Waals surface area (Å²) in [6, 6.07) is 7.70. The van der Waals surface area contributed by atoms with Crippen molar-refractivity contribution < 1.29 is 35.5 Å². The lowest BCUT2D eigenvalue weighted by atomic mass is 10.1. The monoisotopic (exact) mass is 525 g/mol. The largest absolute Gasteiger partial charge is 0.480 e. The first kappa shape index (κ1) is 24.8. The Balaban J connectivity index is 1.96. The second kappa shape index (κ2) is 9.57. The zero-order valence-corrected chi connectivity index (χ0v) is 18.8. The van der Waals surface area contributed by atoms with Crippen molar-refractivity contribution in [2.24, 2.45) is 0 Å². The lowest BCUT2D eigenvalue weighted by Gasteiger charge is -2.14. The highest BCUT2D eigenvalue weighted by Crippen LogP contribution is 2.33. The standard InChI is InChI=1S/C19H13Cl2F4N3O4S/c1-31-18-15(28-33(29,30)9-19(23,24)25)6-10(8-26-18)17-14(22)4-5-16(27-17)32-11-2-3-12(20)13(21)7-11/h2-8,28H,9H2,1H3. The highest BCUT2D eigenvalue weighted by Gasteiger charge is 2.35. The topological polar surface area (TPSA) is 90.4 Å². The number of ether oxygens (including phenoxy) is 2. The number of rotatable bonds is 7. The molecule has 1 N–H and O–H groups in total. The molecule has 33 heavy (non-hydrogen) atoms. The van der Waals surface area contributed by atoms with E-state index in [0.717, 1.165) is 25.4 Å². The molecule has 0 atom stereocenters. The maximum absolute atomic E-state index is 14.5. The molecule has 0 bridgehead atoms. The predicted octanol–water partition coefficient (Wildman–Crippen LogP) is 5.69. The maximum atomic E-state index is 14.5. The number of halogens is 6. The van der Waals surface area contributed by atoms with Gasteiger partial charge in [0, 0.05) is 23.9 Å². The molecule has 0 saturated carbocycles. The number of sulfonamides is 1. The van der Waals surface area contributed by atoms with Gasteiger partial charge in [0.15, 0.2) is 5.75 Å². The van der Waals surface area contributed by atoms with Gasteiger partial charge in [-0.05, 0) is 24.3 Å². The van der Waals surface area contributed by atoms with Crippen molar-refractivity contribution >= 4 is 38.9 Å². The van der Waals surface area contributed by atoms with Crippen LogP contribution in [0.15, 0.2) is 42.6 Å². The van der Waals surface area contributed by atoms with Crippen LogP contribution in [-0.2, 0) is 10.0 Å². The zero-order valence-electron chi connectivity index (χ0n) is 16.5. The van der Waals surface area contributed by atoms with Gasteiger partial charge in [0.2, 0.25) is 21.8 Å². The van der Waals surface area contributed by atoms with Crippen LogP contribution in [0, 0.1) is 5.82 Å². The summed E-state index contributed by atoms with van der Waals surface area (Å²) in [6.07, 6.45) is -3.87. The average molecular weight is 526 g/mol. The molecule has 14 heteroatoms. The number of anilines is 1. The van der Waals surface area contributed by atoms with E-state index in [1.165, 1.54) is 24.3 Å². The van der Waals surface area contributed by atoms with Gasteiger partial charge in [-0.15, -0.1) is 0 Å². The summed E-state index contributed by atoms with van der Waals surface area (Å²) in [5.41, 5.74) is -0.798. The van der Waals surface area contributed by atoms with Crippen molar-refractivity contribution in [3.05, 3.63) is 58.5 Å². The minimum absolute atomic E-state index is 0.0557. The van der Waals surface area contributed by atoms with E-state index < -0.39 is 33.5 Å². The molecule has 0 aliphatic rings. The third kappa shape index (κ3) is 6.59. The molecule has 0 saturated heterocycles. The van der Waals surface area contributed by atoms with Crippen LogP contribution in [0.5, 0.6) is 17.5 Å². The summed E-state index contributed by atoms with van der Waals surface area (Å²) in [5.74, 6) is -3.09. The Morgan fingerprint density at radius 2 is 1.82 bits per heavy atom. The van der Waals surface area contributed by atoms with E-state index in [0.29, 0.717) is 5.02 Å². The zero-order chi connectivity index (χ0) is 24.4. The predicted molar refractivity (Wildman–Crippen MR) is 114 cm³/mol. The van der Waals surface area contributed by atoms with Crippen LogP contribution in [-0.4, -0.2) is 37.4 Å². The Kier molecular flexibility index (Phi) is 7.20. The summed E-state index contributed by atoms with van der Waals surface area (Å²) in [5, 5.41) is 0.508. The van der Waals surface area contributed by atoms with Crippen molar-refractivity contribution in [3.63, 3.8) is 0 Å². The van der Waals surface area contributed by atoms with E-state index >= 15 is 0 Å². The normalized spacial score (nSPS) is 11.8. The number of pyridine rings is 2. The molecule has 3 aromatic rings. The molecular formula is C19H13Cl2F4N3O4S. The van der Waals surface area contributed by atoms with Crippen LogP contribution in [0.25, 0.3) is 11.3 Å². The van der Waals surface area contributed by atoms with Gasteiger partial charge in [-0.2, -0.15) is 13.2 Å². The minimum atomic E-state index is -4.98. The highest BCUT2D eigenvalue weighted by atomic mass is 35.5. The molecule has 2 heterocycles. The van der Waals surface area contributed by atoms with Gasteiger partial charge in [0.25, 0.3) is 0 Å². The van der Waals surface area contributed by atoms with E-state index in [1.807, 2.05) is 0 Å². The van der Waals surface area contributed by atoms with Crippen LogP contribution in [0.4, 0.5) is 23.2 Å². The van der Waals surface area contributed by atoms with Gasteiger partial charge in [0.1, 0.15) is 22.9 Å². The number of aromatic nitrogens is 2. The number of methoxy groups -OCH3 is 1. The van der Waals surface area contributed by atoms with Gasteiger partial charge in [-0.1, -0.05) is 23.2 Å². The van der Waals surface area contributed by atoms with Crippen molar-refractivity contribution in [2.45, 2.75) is 6.18 Å². The Morgan fingerprint density at radius 1 is 1.09 bits per heavy atom. The molecule has 1 aromatic carbocycles. The summed E-state index contributed by atoms with van der Waals surface area (Å²) in [7, 11) is -3.71. The molecule has 0 amide bonds. The Labute approximate surface area is 195 Å².